The first kappa shape index (κ1) is 68.2. The number of rotatable bonds is 6. The van der Waals surface area contributed by atoms with Gasteiger partial charge in [-0.05, 0) is 223 Å². The number of ether oxygens (including phenoxy) is 6. The molecular formula is C72H94Cl2N4O12S2. The lowest BCUT2D eigenvalue weighted by Crippen LogP contribution is -2.57. The molecule has 4 aliphatic heterocycles. The maximum atomic E-state index is 13.5. The third kappa shape index (κ3) is 12.9. The first-order chi connectivity index (χ1) is 43.9. The Bertz CT molecular complexity index is 3460. The number of nitrogens with zero attached hydrogens (tertiary/aromatic N) is 2. The zero-order valence-electron chi connectivity index (χ0n) is 55.1. The van der Waals surface area contributed by atoms with Crippen LogP contribution in [0, 0.1) is 35.5 Å². The van der Waals surface area contributed by atoms with Gasteiger partial charge in [-0.1, -0.05) is 73.5 Å². The van der Waals surface area contributed by atoms with E-state index < -0.39 is 53.6 Å². The van der Waals surface area contributed by atoms with Crippen LogP contribution in [0.25, 0.3) is 0 Å². The normalized spacial score (nSPS) is 33.8. The Balaban J connectivity index is 0.000000188. The van der Waals surface area contributed by atoms with E-state index in [1.54, 1.807) is 66.6 Å². The molecule has 8 aliphatic rings. The van der Waals surface area contributed by atoms with Crippen molar-refractivity contribution in [1.82, 2.24) is 9.44 Å². The first-order valence-corrected chi connectivity index (χ1v) is 37.0. The van der Waals surface area contributed by atoms with Crippen molar-refractivity contribution in [2.75, 3.05) is 77.6 Å². The number of amides is 2. The van der Waals surface area contributed by atoms with Gasteiger partial charge in [0, 0.05) is 86.6 Å². The van der Waals surface area contributed by atoms with Crippen LogP contribution in [0.1, 0.15) is 149 Å². The minimum atomic E-state index is -3.95. The van der Waals surface area contributed by atoms with Crippen LogP contribution < -0.4 is 28.7 Å². The zero-order valence-corrected chi connectivity index (χ0v) is 58.2. The van der Waals surface area contributed by atoms with E-state index in [1.807, 2.05) is 64.1 Å². The molecule has 0 saturated heterocycles. The summed E-state index contributed by atoms with van der Waals surface area (Å²) in [6.45, 7) is 15.1. The van der Waals surface area contributed by atoms with Crippen molar-refractivity contribution < 1.29 is 54.8 Å². The Hall–Kier alpha value is -5.18. The molecule has 2 N–H and O–H groups in total. The van der Waals surface area contributed by atoms with Crippen molar-refractivity contribution in [3.8, 4) is 11.5 Å². The second-order valence-electron chi connectivity index (χ2n) is 27.9. The number of carbonyl (C=O) groups excluding carboxylic acids is 2. The summed E-state index contributed by atoms with van der Waals surface area (Å²) in [6, 6.07) is 23.0. The van der Waals surface area contributed by atoms with Gasteiger partial charge >= 0.3 is 0 Å². The Morgan fingerprint density at radius 3 is 1.33 bits per heavy atom. The number of halogens is 2. The molecule has 500 valence electrons. The van der Waals surface area contributed by atoms with Gasteiger partial charge in [-0.25, -0.2) is 26.3 Å². The molecule has 0 radical (unpaired) electrons. The highest BCUT2D eigenvalue weighted by Crippen LogP contribution is 2.53. The van der Waals surface area contributed by atoms with E-state index in [9.17, 15) is 26.4 Å². The summed E-state index contributed by atoms with van der Waals surface area (Å²) in [5, 5.41) is -0.103. The molecule has 2 spiro atoms. The van der Waals surface area contributed by atoms with E-state index >= 15 is 0 Å². The molecule has 2 saturated carbocycles. The molecule has 0 aromatic heterocycles. The molecule has 2 amide bonds. The van der Waals surface area contributed by atoms with Crippen molar-refractivity contribution in [1.29, 1.82) is 0 Å². The summed E-state index contributed by atoms with van der Waals surface area (Å²) in [6.07, 6.45) is 18.9. The molecule has 14 atom stereocenters. The number of anilines is 2. The molecule has 0 unspecified atom stereocenters. The Morgan fingerprint density at radius 2 is 0.967 bits per heavy atom. The number of methoxy groups -OCH3 is 4. The number of carbonyl (C=O) groups is 2. The molecule has 4 heterocycles. The van der Waals surface area contributed by atoms with Crippen LogP contribution in [0.15, 0.2) is 97.1 Å². The van der Waals surface area contributed by atoms with E-state index in [2.05, 4.69) is 55.7 Å². The number of sulfonamides is 2. The van der Waals surface area contributed by atoms with Crippen molar-refractivity contribution in [3.63, 3.8) is 0 Å². The van der Waals surface area contributed by atoms with E-state index in [0.29, 0.717) is 73.6 Å². The van der Waals surface area contributed by atoms with Crippen LogP contribution in [0.5, 0.6) is 11.5 Å². The quantitative estimate of drug-likeness (QED) is 0.174. The zero-order chi connectivity index (χ0) is 65.7. The lowest BCUT2D eigenvalue weighted by molar-refractivity contribution is -0.146. The van der Waals surface area contributed by atoms with E-state index in [4.69, 9.17) is 51.6 Å². The summed E-state index contributed by atoms with van der Waals surface area (Å²) in [5.74, 6) is 0.602. The molecule has 12 rings (SSSR count). The second-order valence-corrected chi connectivity index (χ2v) is 32.9. The van der Waals surface area contributed by atoms with Crippen molar-refractivity contribution >= 4 is 66.4 Å². The predicted octanol–water partition coefficient (Wildman–Crippen LogP) is 12.6. The molecule has 4 bridgehead atoms. The third-order valence-corrected chi connectivity index (χ3v) is 27.3. The topological polar surface area (TPSA) is 188 Å². The molecule has 92 heavy (non-hydrogen) atoms. The summed E-state index contributed by atoms with van der Waals surface area (Å²) in [5.41, 5.74) is 5.35. The molecule has 4 aromatic rings. The van der Waals surface area contributed by atoms with Gasteiger partial charge in [0.2, 0.25) is 20.0 Å². The van der Waals surface area contributed by atoms with Gasteiger partial charge in [0.25, 0.3) is 11.8 Å². The maximum absolute atomic E-state index is 13.5. The first-order valence-electron chi connectivity index (χ1n) is 33.1. The largest absolute Gasteiger partial charge is 0.490 e. The number of allylic oxidation sites excluding steroid dienone is 2. The van der Waals surface area contributed by atoms with Crippen molar-refractivity contribution in [2.24, 2.45) is 35.5 Å². The number of hydrogen-bond acceptors (Lipinski definition) is 14. The highest BCUT2D eigenvalue weighted by molar-refractivity contribution is 7.91. The van der Waals surface area contributed by atoms with Crippen LogP contribution in [0.4, 0.5) is 11.4 Å². The van der Waals surface area contributed by atoms with Crippen LogP contribution >= 0.6 is 23.2 Å². The van der Waals surface area contributed by atoms with Gasteiger partial charge in [-0.3, -0.25) is 9.59 Å². The Kier molecular flexibility index (Phi) is 20.1. The highest BCUT2D eigenvalue weighted by atomic mass is 35.5. The van der Waals surface area contributed by atoms with Gasteiger partial charge < -0.3 is 38.2 Å². The van der Waals surface area contributed by atoms with Crippen molar-refractivity contribution in [3.05, 3.63) is 141 Å². The summed E-state index contributed by atoms with van der Waals surface area (Å²) in [7, 11) is -0.962. The molecular weight excluding hydrogens is 1250 g/mol. The summed E-state index contributed by atoms with van der Waals surface area (Å²) < 4.78 is 96.2. The lowest BCUT2D eigenvalue weighted by Gasteiger charge is -2.52. The molecule has 20 heteroatoms. The minimum Gasteiger partial charge on any atom is -0.490 e. The lowest BCUT2D eigenvalue weighted by atomic mass is 9.62. The smallest absolute Gasteiger partial charge is 0.264 e. The fourth-order valence-electron chi connectivity index (χ4n) is 16.6. The van der Waals surface area contributed by atoms with E-state index in [0.717, 1.165) is 98.7 Å². The minimum absolute atomic E-state index is 0.181. The average Bonchev–Trinajstić information content (AvgIpc) is 1.36. The molecule has 16 nitrogen and oxygen atoms in total. The summed E-state index contributed by atoms with van der Waals surface area (Å²) >= 11 is 12.9. The fourth-order valence-corrected chi connectivity index (χ4v) is 19.6. The van der Waals surface area contributed by atoms with Crippen LogP contribution in [0.3, 0.4) is 0 Å². The van der Waals surface area contributed by atoms with Gasteiger partial charge in [0.05, 0.1) is 47.3 Å². The van der Waals surface area contributed by atoms with Gasteiger partial charge in [0.15, 0.2) is 0 Å². The van der Waals surface area contributed by atoms with E-state index in [-0.39, 0.29) is 46.7 Å². The number of benzene rings is 4. The van der Waals surface area contributed by atoms with Gasteiger partial charge in [0.1, 0.15) is 22.7 Å². The van der Waals surface area contributed by atoms with Crippen LogP contribution in [0.2, 0.25) is 10.0 Å². The van der Waals surface area contributed by atoms with Crippen LogP contribution in [-0.4, -0.2) is 130 Å². The maximum Gasteiger partial charge on any atom is 0.264 e. The fraction of sp³-hybridized carbons (Fsp3) is 0.583. The van der Waals surface area contributed by atoms with Gasteiger partial charge in [-0.2, -0.15) is 0 Å². The molecule has 4 aliphatic carbocycles. The Morgan fingerprint density at radius 1 is 0.565 bits per heavy atom. The number of nitrogens with one attached hydrogen (secondary N) is 2. The second kappa shape index (κ2) is 27.1. The highest BCUT2D eigenvalue weighted by Gasteiger charge is 2.54. The standard InChI is InChI=1S/2C36H47ClN2O6S/c2*1-23-8-6-17-36(44-5,25(3)43-4)31-13-10-28(31)20-39-21-35(16-7-9-26-18-29(37)12-14-30(26)35)22-45-33-15-11-27(19-32(33)39)34(40)38-46(41,42)24(23)2/h2*6,11-12,14-15,17-19,23-25,28,31H,7-10,13,16,20-22H2,1-5H3,(H,38,40)/b2*17-6+/t23-,24+,25+,28-,31+,35-,36+;23-,24+,25-,28-,31+,35-,36+/m00/s1. The Labute approximate surface area is 555 Å². The molecule has 4 aromatic carbocycles. The molecule has 2 fully saturated rings. The van der Waals surface area contributed by atoms with Gasteiger partial charge in [-0.15, -0.1) is 0 Å². The predicted molar refractivity (Wildman–Crippen MR) is 363 cm³/mol. The number of aryl methyl sites for hydroxylation is 2. The average molecular weight is 1340 g/mol. The van der Waals surface area contributed by atoms with Crippen molar-refractivity contribution in [2.45, 2.75) is 163 Å². The number of hydrogen-bond donors (Lipinski definition) is 2. The number of fused-ring (bicyclic) bond motifs is 8. The SMILES string of the molecule is CO[C@@H](C)[C@]1(OC)/C=C/C[C@H](C)[C@@H](C)S(=O)(=O)NC(=O)c2ccc3c(c2)N(C[C@@H]2CC[C@H]21)C[C@@]1(CCCc2cc(Cl)ccc21)CO3.CO[C@H](C)[C@]1(OC)/C=C/C[C@H](C)[C@@H](C)S(=O)(=O)NC(=O)c2ccc3c(c2)N(C[C@@H]2CC[C@H]21)C[C@@]1(CCCc2cc(Cl)ccc21)CO3. The van der Waals surface area contributed by atoms with E-state index in [1.165, 1.54) is 22.3 Å². The third-order valence-electron chi connectivity index (χ3n) is 23.0. The van der Waals surface area contributed by atoms with Crippen LogP contribution in [-0.2, 0) is 62.7 Å². The monoisotopic (exact) mass is 1340 g/mol. The summed E-state index contributed by atoms with van der Waals surface area (Å²) in [4.78, 5) is 31.7.